The number of carbonyl (C=O) groups is 2. The number of nitrogens with one attached hydrogen (secondary N) is 1. The molecular formula is C24H37Ac2NO6. The van der Waals surface area contributed by atoms with Crippen LogP contribution in [0.3, 0.4) is 0 Å². The molecule has 2 fully saturated rings. The predicted molar refractivity (Wildman–Crippen MR) is 116 cm³/mol. The van der Waals surface area contributed by atoms with Crippen molar-refractivity contribution < 1.29 is 117 Å². The molecule has 33 heavy (non-hydrogen) atoms. The molecule has 0 saturated heterocycles. The third kappa shape index (κ3) is 6.37. The van der Waals surface area contributed by atoms with Crippen LogP contribution in [0.1, 0.15) is 52.9 Å². The Morgan fingerprint density at radius 1 is 1.36 bits per heavy atom. The first-order chi connectivity index (χ1) is 14.6. The molecule has 0 aromatic carbocycles. The zero-order valence-electron chi connectivity index (χ0n) is 20.3. The van der Waals surface area contributed by atoms with Gasteiger partial charge in [-0.3, -0.25) is 10.1 Å². The molecule has 0 bridgehead atoms. The first-order valence-electron chi connectivity index (χ1n) is 11.3. The number of aliphatic hydroxyl groups excluding tert-OH is 2. The van der Waals surface area contributed by atoms with Crippen LogP contribution in [0.5, 0.6) is 0 Å². The predicted octanol–water partition coefficient (Wildman–Crippen LogP) is 2.12. The number of hydrogen-bond donors (Lipinski definition) is 3. The average molecular weight is 890 g/mol. The second-order valence-electron chi connectivity index (χ2n) is 9.98. The summed E-state index contributed by atoms with van der Waals surface area (Å²) in [6, 6.07) is -0.964. The molecule has 0 aromatic rings. The molecule has 2 saturated carbocycles. The summed E-state index contributed by atoms with van der Waals surface area (Å²) in [7, 11) is 1.34. The number of aliphatic hydroxyl groups is 2. The fourth-order valence-corrected chi connectivity index (χ4v) is 6.36. The van der Waals surface area contributed by atoms with Gasteiger partial charge >= 0.3 is 11.9 Å². The maximum absolute atomic E-state index is 12.4. The van der Waals surface area contributed by atoms with E-state index in [0.717, 1.165) is 24.8 Å². The Hall–Kier alpha value is 1.18. The zero-order chi connectivity index (χ0) is 23.0. The van der Waals surface area contributed by atoms with Crippen LogP contribution in [0.4, 0.5) is 0 Å². The van der Waals surface area contributed by atoms with Gasteiger partial charge in [-0.15, -0.1) is 0 Å². The third-order valence-corrected chi connectivity index (χ3v) is 8.30. The molecule has 3 rings (SSSR count). The number of allylic oxidation sites excluding steroid dienone is 1. The zero-order valence-corrected chi connectivity index (χ0v) is 29.8. The van der Waals surface area contributed by atoms with Gasteiger partial charge < -0.3 is 19.7 Å². The summed E-state index contributed by atoms with van der Waals surface area (Å²) in [5.41, 5.74) is 0.915. The van der Waals surface area contributed by atoms with Crippen LogP contribution < -0.4 is 5.32 Å². The molecule has 4 unspecified atom stereocenters. The van der Waals surface area contributed by atoms with Crippen molar-refractivity contribution in [3.8, 4) is 0 Å². The number of fused-ring (bicyclic) bond motifs is 1. The number of esters is 2. The number of ether oxygens (including phenoxy) is 2. The van der Waals surface area contributed by atoms with Gasteiger partial charge in [-0.1, -0.05) is 26.0 Å². The van der Waals surface area contributed by atoms with Gasteiger partial charge in [0.15, 0.2) is 0 Å². The van der Waals surface area contributed by atoms with Gasteiger partial charge in [-0.2, -0.15) is 0 Å². The Kier molecular flexibility index (Phi) is 12.8. The van der Waals surface area contributed by atoms with Gasteiger partial charge in [0.25, 0.3) is 0 Å². The Labute approximate surface area is 269 Å². The number of hydrogen-bond acceptors (Lipinski definition) is 7. The van der Waals surface area contributed by atoms with Gasteiger partial charge in [0.05, 0.1) is 25.4 Å². The van der Waals surface area contributed by atoms with Crippen LogP contribution >= 0.6 is 0 Å². The van der Waals surface area contributed by atoms with E-state index in [2.05, 4.69) is 18.8 Å². The van der Waals surface area contributed by atoms with Crippen molar-refractivity contribution >= 4 is 11.9 Å². The van der Waals surface area contributed by atoms with Crippen LogP contribution in [-0.2, 0) is 19.1 Å². The average Bonchev–Trinajstić information content (AvgIpc) is 3.17. The van der Waals surface area contributed by atoms with Crippen LogP contribution in [0, 0.1) is 111 Å². The van der Waals surface area contributed by atoms with Crippen LogP contribution in [-0.4, -0.2) is 60.7 Å². The number of cyclic esters (lactones) is 1. The second kappa shape index (κ2) is 13.1. The van der Waals surface area contributed by atoms with Crippen LogP contribution in [0.15, 0.2) is 23.8 Å². The number of methoxy groups -OCH3 is 1. The number of carbonyl (C=O) groups excluding carboxylic acids is 2. The standard InChI is InChI=1S/C24H37NO6.2Ac/c1-14-6-7-19-23(3,10-8-20(27)24(19,4)13-26)17(14)12-18(16-9-11-31-22(16)29)25-15(2)21(28)30-5;;/h9,15,17-20,25-27H,1,6-8,10-13H2,2-5H3;;/t15?,17-,18?,19?,20?,23+,24-;;/m0../s1. The van der Waals surface area contributed by atoms with Gasteiger partial charge in [-0.05, 0) is 62.4 Å². The normalized spacial score (nSPS) is 35.2. The maximum atomic E-state index is 12.4. The molecule has 2 aliphatic carbocycles. The molecule has 7 nitrogen and oxygen atoms in total. The molecule has 1 aliphatic heterocycles. The maximum Gasteiger partial charge on any atom is 0.335 e. The molecule has 0 amide bonds. The summed E-state index contributed by atoms with van der Waals surface area (Å²) in [5.74, 6) is -0.553. The molecule has 2 radical (unpaired) electrons. The minimum Gasteiger partial charge on any atom is -0.468 e. The molecule has 9 heteroatoms. The molecule has 1 heterocycles. The Morgan fingerprint density at radius 3 is 2.58 bits per heavy atom. The first kappa shape index (κ1) is 32.2. The van der Waals surface area contributed by atoms with E-state index in [1.165, 1.54) is 7.11 Å². The second-order valence-corrected chi connectivity index (χ2v) is 9.98. The fourth-order valence-electron chi connectivity index (χ4n) is 6.36. The van der Waals surface area contributed by atoms with Crippen LogP contribution in [0.2, 0.25) is 0 Å². The van der Waals surface area contributed by atoms with Crippen molar-refractivity contribution in [1.29, 1.82) is 0 Å². The third-order valence-electron chi connectivity index (χ3n) is 8.30. The molecule has 7 atom stereocenters. The summed E-state index contributed by atoms with van der Waals surface area (Å²) in [6.07, 6.45) is 4.96. The summed E-state index contributed by atoms with van der Waals surface area (Å²) in [5, 5.41) is 24.2. The van der Waals surface area contributed by atoms with E-state index in [9.17, 15) is 19.8 Å². The summed E-state index contributed by atoms with van der Waals surface area (Å²) < 4.78 is 10.0. The van der Waals surface area contributed by atoms with E-state index in [1.54, 1.807) is 13.0 Å². The molecule has 3 aliphatic rings. The first-order valence-corrected chi connectivity index (χ1v) is 11.3. The molecule has 3 N–H and O–H groups in total. The minimum atomic E-state index is -0.583. The number of rotatable bonds is 7. The largest absolute Gasteiger partial charge is 0.468 e. The smallest absolute Gasteiger partial charge is 0.335 e. The molecule has 180 valence electrons. The van der Waals surface area contributed by atoms with E-state index in [4.69, 9.17) is 9.47 Å². The van der Waals surface area contributed by atoms with E-state index in [-0.39, 0.29) is 131 Å². The summed E-state index contributed by atoms with van der Waals surface area (Å²) >= 11 is 0. The fraction of sp³-hybridized carbons (Fsp3) is 0.750. The van der Waals surface area contributed by atoms with Gasteiger partial charge in [-0.25, -0.2) is 4.79 Å². The van der Waals surface area contributed by atoms with Gasteiger partial charge in [0.1, 0.15) is 12.6 Å². The van der Waals surface area contributed by atoms with Gasteiger partial charge in [0, 0.05) is 99.6 Å². The molecule has 0 aromatic heterocycles. The Bertz CT molecular complexity index is 774. The summed E-state index contributed by atoms with van der Waals surface area (Å²) in [6.45, 7) is 10.5. The van der Waals surface area contributed by atoms with E-state index < -0.39 is 23.5 Å². The van der Waals surface area contributed by atoms with E-state index >= 15 is 0 Å². The van der Waals surface area contributed by atoms with Crippen molar-refractivity contribution in [3.05, 3.63) is 23.8 Å². The minimum absolute atomic E-state index is 0. The van der Waals surface area contributed by atoms with Crippen molar-refractivity contribution in [2.24, 2.45) is 22.7 Å². The quantitative estimate of drug-likeness (QED) is 0.266. The van der Waals surface area contributed by atoms with E-state index in [0.29, 0.717) is 18.4 Å². The molecule has 0 spiro atoms. The van der Waals surface area contributed by atoms with E-state index in [1.807, 2.05) is 6.92 Å². The van der Waals surface area contributed by atoms with Crippen molar-refractivity contribution in [1.82, 2.24) is 5.32 Å². The van der Waals surface area contributed by atoms with Crippen molar-refractivity contribution in [2.75, 3.05) is 20.3 Å². The Balaban J connectivity index is 0.00000272. The van der Waals surface area contributed by atoms with Crippen molar-refractivity contribution in [2.45, 2.75) is 71.1 Å². The Morgan fingerprint density at radius 2 is 2.03 bits per heavy atom. The monoisotopic (exact) mass is 889 g/mol. The van der Waals surface area contributed by atoms with Crippen LogP contribution in [0.25, 0.3) is 0 Å². The van der Waals surface area contributed by atoms with Gasteiger partial charge in [0.2, 0.25) is 0 Å². The SMILES string of the molecule is C=C1CCC2[C@](C)(CO)C(O)CC[C@]2(C)[C@H]1CC(NC(C)C(=O)OC)C1=CCOC1=O.[Ac].[Ac]. The molecular weight excluding hydrogens is 852 g/mol. The van der Waals surface area contributed by atoms with Crippen molar-refractivity contribution in [3.63, 3.8) is 0 Å². The topological polar surface area (TPSA) is 105 Å². The summed E-state index contributed by atoms with van der Waals surface area (Å²) in [4.78, 5) is 24.4.